The van der Waals surface area contributed by atoms with E-state index in [2.05, 4.69) is 15.6 Å². The number of amides is 2. The summed E-state index contributed by atoms with van der Waals surface area (Å²) in [6.45, 7) is 8.91. The quantitative estimate of drug-likeness (QED) is 0.548. The van der Waals surface area contributed by atoms with Gasteiger partial charge in [0, 0.05) is 29.6 Å². The monoisotopic (exact) mass is 412 g/mol. The van der Waals surface area contributed by atoms with Crippen molar-refractivity contribution in [3.8, 4) is 0 Å². The normalized spacial score (nSPS) is 10.7. The fourth-order valence-corrected chi connectivity index (χ4v) is 3.36. The molecule has 1 heterocycles. The van der Waals surface area contributed by atoms with E-state index in [1.165, 1.54) is 13.8 Å². The second-order valence-electron chi connectivity index (χ2n) is 7.21. The van der Waals surface area contributed by atoms with Crippen LogP contribution in [-0.4, -0.2) is 52.9 Å². The molecule has 0 aliphatic carbocycles. The van der Waals surface area contributed by atoms with Crippen LogP contribution in [0.1, 0.15) is 52.9 Å². The number of anilines is 2. The van der Waals surface area contributed by atoms with Gasteiger partial charge < -0.3 is 15.6 Å². The van der Waals surface area contributed by atoms with E-state index in [9.17, 15) is 19.2 Å². The molecule has 1 aromatic heterocycles. The number of ketones is 2. The lowest BCUT2D eigenvalue weighted by Gasteiger charge is -2.19. The lowest BCUT2D eigenvalue weighted by molar-refractivity contribution is -0.117. The molecule has 0 radical (unpaired) electrons. The van der Waals surface area contributed by atoms with Crippen LogP contribution in [0.25, 0.3) is 0 Å². The van der Waals surface area contributed by atoms with E-state index in [4.69, 9.17) is 0 Å². The number of carbonyl (C=O) groups is 4. The lowest BCUT2D eigenvalue weighted by Crippen LogP contribution is -2.37. The molecule has 30 heavy (non-hydrogen) atoms. The molecule has 0 aliphatic rings. The van der Waals surface area contributed by atoms with Crippen LogP contribution in [0, 0.1) is 13.8 Å². The molecule has 0 unspecified atom stereocenters. The van der Waals surface area contributed by atoms with Gasteiger partial charge in [-0.2, -0.15) is 0 Å². The molecule has 2 rings (SSSR count). The van der Waals surface area contributed by atoms with Crippen LogP contribution >= 0.6 is 0 Å². The smallest absolute Gasteiger partial charge is 0.238 e. The highest BCUT2D eigenvalue weighted by molar-refractivity contribution is 6.04. The Morgan fingerprint density at radius 3 is 1.97 bits per heavy atom. The van der Waals surface area contributed by atoms with Crippen LogP contribution in [0.5, 0.6) is 0 Å². The van der Waals surface area contributed by atoms with E-state index in [0.717, 1.165) is 0 Å². The summed E-state index contributed by atoms with van der Waals surface area (Å²) < 4.78 is 0. The number of rotatable bonds is 9. The first-order valence-corrected chi connectivity index (χ1v) is 9.75. The standard InChI is InChI=1S/C22H28N4O4/c1-6-26(11-19(29)22-13(2)21(15(4)27)14(3)23-22)12-20(30)25-18-9-7-17(8-10-18)24-16(5)28/h7-10,23H,6,11-12H2,1-5H3,(H,24,28)(H,25,30). The first kappa shape index (κ1) is 23.0. The SMILES string of the molecule is CCN(CC(=O)Nc1ccc(NC(C)=O)cc1)CC(=O)c1[nH]c(C)c(C(C)=O)c1C. The van der Waals surface area contributed by atoms with Gasteiger partial charge in [0.25, 0.3) is 0 Å². The van der Waals surface area contributed by atoms with Crippen molar-refractivity contribution in [1.82, 2.24) is 9.88 Å². The number of carbonyl (C=O) groups excluding carboxylic acids is 4. The molecule has 1 aromatic carbocycles. The van der Waals surface area contributed by atoms with Gasteiger partial charge in [-0.05, 0) is 57.1 Å². The van der Waals surface area contributed by atoms with Crippen molar-refractivity contribution in [1.29, 1.82) is 0 Å². The predicted molar refractivity (Wildman–Crippen MR) is 116 cm³/mol. The van der Waals surface area contributed by atoms with Crippen LogP contribution in [0.15, 0.2) is 24.3 Å². The van der Waals surface area contributed by atoms with E-state index >= 15 is 0 Å². The molecule has 8 heteroatoms. The Morgan fingerprint density at radius 2 is 1.50 bits per heavy atom. The number of benzene rings is 1. The topological polar surface area (TPSA) is 111 Å². The third-order valence-electron chi connectivity index (χ3n) is 4.74. The van der Waals surface area contributed by atoms with E-state index < -0.39 is 0 Å². The summed E-state index contributed by atoms with van der Waals surface area (Å²) in [5.74, 6) is -0.673. The largest absolute Gasteiger partial charge is 0.355 e. The second-order valence-corrected chi connectivity index (χ2v) is 7.21. The molecule has 3 N–H and O–H groups in total. The van der Waals surface area contributed by atoms with Gasteiger partial charge in [-0.1, -0.05) is 6.92 Å². The summed E-state index contributed by atoms with van der Waals surface area (Å²) in [5, 5.41) is 5.44. The van der Waals surface area contributed by atoms with Gasteiger partial charge in [-0.25, -0.2) is 0 Å². The van der Waals surface area contributed by atoms with E-state index in [1.54, 1.807) is 43.0 Å². The Morgan fingerprint density at radius 1 is 0.933 bits per heavy atom. The predicted octanol–water partition coefficient (Wildman–Crippen LogP) is 2.94. The summed E-state index contributed by atoms with van der Waals surface area (Å²) in [6.07, 6.45) is 0. The van der Waals surface area contributed by atoms with Crippen molar-refractivity contribution in [3.63, 3.8) is 0 Å². The number of aromatic amines is 1. The molecule has 0 saturated heterocycles. The minimum atomic E-state index is -0.249. The lowest BCUT2D eigenvalue weighted by atomic mass is 10.1. The Balaban J connectivity index is 1.99. The molecule has 8 nitrogen and oxygen atoms in total. The highest BCUT2D eigenvalue weighted by Crippen LogP contribution is 2.19. The van der Waals surface area contributed by atoms with Crippen molar-refractivity contribution in [2.24, 2.45) is 0 Å². The first-order chi connectivity index (χ1) is 14.1. The maximum atomic E-state index is 12.7. The van der Waals surface area contributed by atoms with Gasteiger partial charge in [0.15, 0.2) is 11.6 Å². The molecule has 2 aromatic rings. The summed E-state index contributed by atoms with van der Waals surface area (Å²) in [5.41, 5.74) is 3.50. The number of hydrogen-bond acceptors (Lipinski definition) is 5. The minimum Gasteiger partial charge on any atom is -0.355 e. The molecule has 0 fully saturated rings. The van der Waals surface area contributed by atoms with Crippen molar-refractivity contribution < 1.29 is 19.2 Å². The zero-order valence-corrected chi connectivity index (χ0v) is 18.0. The van der Waals surface area contributed by atoms with Crippen molar-refractivity contribution >= 4 is 34.8 Å². The third kappa shape index (κ3) is 5.87. The fourth-order valence-electron chi connectivity index (χ4n) is 3.36. The Hall–Kier alpha value is -3.26. The highest BCUT2D eigenvalue weighted by atomic mass is 16.2. The van der Waals surface area contributed by atoms with Crippen LogP contribution < -0.4 is 10.6 Å². The van der Waals surface area contributed by atoms with Crippen molar-refractivity contribution in [2.45, 2.75) is 34.6 Å². The number of hydrogen-bond donors (Lipinski definition) is 3. The van der Waals surface area contributed by atoms with Crippen molar-refractivity contribution in [2.75, 3.05) is 30.3 Å². The van der Waals surface area contributed by atoms with Crippen LogP contribution in [0.2, 0.25) is 0 Å². The zero-order valence-electron chi connectivity index (χ0n) is 18.0. The van der Waals surface area contributed by atoms with Gasteiger partial charge in [0.2, 0.25) is 11.8 Å². The van der Waals surface area contributed by atoms with Gasteiger partial charge >= 0.3 is 0 Å². The molecular formula is C22H28N4O4. The fraction of sp³-hybridized carbons (Fsp3) is 0.364. The second kappa shape index (κ2) is 9.98. The Kier molecular flexibility index (Phi) is 7.66. The van der Waals surface area contributed by atoms with E-state index in [1.807, 2.05) is 6.92 Å². The van der Waals surface area contributed by atoms with Gasteiger partial charge in [0.1, 0.15) is 0 Å². The highest BCUT2D eigenvalue weighted by Gasteiger charge is 2.22. The van der Waals surface area contributed by atoms with Gasteiger partial charge in [0.05, 0.1) is 18.8 Å². The summed E-state index contributed by atoms with van der Waals surface area (Å²) >= 11 is 0. The van der Waals surface area contributed by atoms with Crippen molar-refractivity contribution in [3.05, 3.63) is 46.8 Å². The Bertz CT molecular complexity index is 960. The Labute approximate surface area is 176 Å². The number of aromatic nitrogens is 1. The maximum absolute atomic E-state index is 12.7. The molecule has 0 atom stereocenters. The average Bonchev–Trinajstić information content (AvgIpc) is 2.96. The van der Waals surface area contributed by atoms with Crippen LogP contribution in [-0.2, 0) is 9.59 Å². The molecule has 0 aliphatic heterocycles. The zero-order chi connectivity index (χ0) is 22.4. The summed E-state index contributed by atoms with van der Waals surface area (Å²) in [7, 11) is 0. The minimum absolute atomic E-state index is 0.0496. The number of aryl methyl sites for hydroxylation is 1. The molecule has 0 saturated carbocycles. The van der Waals surface area contributed by atoms with Gasteiger partial charge in [-0.3, -0.25) is 24.1 Å². The van der Waals surface area contributed by atoms with Crippen LogP contribution in [0.4, 0.5) is 11.4 Å². The molecule has 160 valence electrons. The summed E-state index contributed by atoms with van der Waals surface area (Å²) in [4.78, 5) is 52.7. The molecule has 0 spiro atoms. The number of nitrogens with zero attached hydrogens (tertiary/aromatic N) is 1. The molecule has 2 amide bonds. The number of H-pyrrole nitrogens is 1. The molecule has 0 bridgehead atoms. The number of nitrogens with one attached hydrogen (secondary N) is 3. The molecular weight excluding hydrogens is 384 g/mol. The maximum Gasteiger partial charge on any atom is 0.238 e. The van der Waals surface area contributed by atoms with E-state index in [0.29, 0.717) is 40.4 Å². The van der Waals surface area contributed by atoms with Gasteiger partial charge in [-0.15, -0.1) is 0 Å². The van der Waals surface area contributed by atoms with Crippen LogP contribution in [0.3, 0.4) is 0 Å². The number of likely N-dealkylation sites (N-methyl/N-ethyl adjacent to an activating group) is 1. The average molecular weight is 412 g/mol. The van der Waals surface area contributed by atoms with E-state index in [-0.39, 0.29) is 36.5 Å². The third-order valence-corrected chi connectivity index (χ3v) is 4.74. The number of Topliss-reactive ketones (excluding diaryl/α,β-unsaturated/α-hetero) is 2. The first-order valence-electron chi connectivity index (χ1n) is 9.75. The summed E-state index contributed by atoms with van der Waals surface area (Å²) in [6, 6.07) is 6.78.